The molecule has 0 spiro atoms. The van der Waals surface area contributed by atoms with Gasteiger partial charge in [0.05, 0.1) is 0 Å². The number of urea groups is 1. The van der Waals surface area contributed by atoms with Crippen molar-refractivity contribution in [3.05, 3.63) is 42.5 Å². The molecule has 1 saturated heterocycles. The van der Waals surface area contributed by atoms with Crippen LogP contribution in [0.15, 0.2) is 36.9 Å². The molecule has 136 valence electrons. The van der Waals surface area contributed by atoms with E-state index in [9.17, 15) is 9.59 Å². The summed E-state index contributed by atoms with van der Waals surface area (Å²) in [5.74, 6) is 0.363. The summed E-state index contributed by atoms with van der Waals surface area (Å²) in [6.45, 7) is 6.92. The molecule has 3 amide bonds. The minimum atomic E-state index is -0.156. The zero-order valence-corrected chi connectivity index (χ0v) is 15.1. The molecule has 1 aliphatic heterocycles. The van der Waals surface area contributed by atoms with Crippen molar-refractivity contribution in [2.45, 2.75) is 12.8 Å². The van der Waals surface area contributed by atoms with Gasteiger partial charge in [0, 0.05) is 37.9 Å². The molecule has 0 aliphatic carbocycles. The second-order valence-corrected chi connectivity index (χ2v) is 6.66. The van der Waals surface area contributed by atoms with Crippen LogP contribution in [0.4, 0.5) is 10.5 Å². The Balaban J connectivity index is 1.84. The molecule has 0 saturated carbocycles. The minimum Gasteiger partial charge on any atom is -0.349 e. The molecule has 0 radical (unpaired) electrons. The van der Waals surface area contributed by atoms with Gasteiger partial charge in [0.2, 0.25) is 0 Å². The fraction of sp³-hybridized carbons (Fsp3) is 0.474. The highest BCUT2D eigenvalue weighted by Gasteiger charge is 2.20. The predicted molar refractivity (Wildman–Crippen MR) is 101 cm³/mol. The van der Waals surface area contributed by atoms with Gasteiger partial charge in [-0.1, -0.05) is 6.08 Å². The molecule has 1 atom stereocenters. The van der Waals surface area contributed by atoms with Gasteiger partial charge in [-0.25, -0.2) is 4.79 Å². The number of carbonyl (C=O) groups is 2. The molecule has 1 aromatic rings. The maximum Gasteiger partial charge on any atom is 0.321 e. The van der Waals surface area contributed by atoms with E-state index in [0.717, 1.165) is 26.1 Å². The lowest BCUT2D eigenvalue weighted by Crippen LogP contribution is -2.41. The molecule has 1 heterocycles. The molecule has 1 aromatic carbocycles. The summed E-state index contributed by atoms with van der Waals surface area (Å²) < 4.78 is 0. The number of piperidine rings is 1. The molecule has 6 heteroatoms. The van der Waals surface area contributed by atoms with Crippen LogP contribution in [0.5, 0.6) is 0 Å². The molecule has 6 nitrogen and oxygen atoms in total. The summed E-state index contributed by atoms with van der Waals surface area (Å²) in [5.41, 5.74) is 1.23. The number of nitrogens with zero attached hydrogens (tertiary/aromatic N) is 2. The number of nitrogens with one attached hydrogen (secondary N) is 2. The maximum absolute atomic E-state index is 12.3. The van der Waals surface area contributed by atoms with Crippen LogP contribution in [0.3, 0.4) is 0 Å². The van der Waals surface area contributed by atoms with Gasteiger partial charge < -0.3 is 20.4 Å². The summed E-state index contributed by atoms with van der Waals surface area (Å²) in [6.07, 6.45) is 3.98. The standard InChI is InChI=1S/C19H28N4O2/c1-4-11-20-18(24)16-7-9-17(10-8-16)21-19(25)23(3)14-15-6-5-12-22(2)13-15/h4,7-10,15H,1,5-6,11-14H2,2-3H3,(H,20,24)(H,21,25). The Morgan fingerprint density at radius 3 is 2.72 bits per heavy atom. The van der Waals surface area contributed by atoms with Gasteiger partial charge in [-0.15, -0.1) is 6.58 Å². The van der Waals surface area contributed by atoms with Crippen LogP contribution < -0.4 is 10.6 Å². The highest BCUT2D eigenvalue weighted by molar-refractivity contribution is 5.95. The number of rotatable bonds is 6. The van der Waals surface area contributed by atoms with Crippen molar-refractivity contribution < 1.29 is 9.59 Å². The molecule has 1 unspecified atom stereocenters. The fourth-order valence-corrected chi connectivity index (χ4v) is 3.08. The fourth-order valence-electron chi connectivity index (χ4n) is 3.08. The SMILES string of the molecule is C=CCNC(=O)c1ccc(NC(=O)N(C)CC2CCCN(C)C2)cc1. The van der Waals surface area contributed by atoms with E-state index in [-0.39, 0.29) is 11.9 Å². The molecule has 0 aromatic heterocycles. The van der Waals surface area contributed by atoms with Gasteiger partial charge in [0.25, 0.3) is 5.91 Å². The van der Waals surface area contributed by atoms with E-state index in [0.29, 0.717) is 23.7 Å². The first-order valence-corrected chi connectivity index (χ1v) is 8.69. The number of hydrogen-bond donors (Lipinski definition) is 2. The van der Waals surface area contributed by atoms with E-state index in [4.69, 9.17) is 0 Å². The van der Waals surface area contributed by atoms with Crippen molar-refractivity contribution in [2.24, 2.45) is 5.92 Å². The third kappa shape index (κ3) is 5.90. The van der Waals surface area contributed by atoms with Crippen molar-refractivity contribution >= 4 is 17.6 Å². The van der Waals surface area contributed by atoms with E-state index >= 15 is 0 Å². The van der Waals surface area contributed by atoms with Crippen LogP contribution in [-0.2, 0) is 0 Å². The molecular weight excluding hydrogens is 316 g/mol. The number of hydrogen-bond acceptors (Lipinski definition) is 3. The van der Waals surface area contributed by atoms with Gasteiger partial charge in [0.1, 0.15) is 0 Å². The lowest BCUT2D eigenvalue weighted by Gasteiger charge is -2.32. The Morgan fingerprint density at radius 1 is 1.36 bits per heavy atom. The first kappa shape index (κ1) is 19.0. The topological polar surface area (TPSA) is 64.7 Å². The smallest absolute Gasteiger partial charge is 0.321 e. The normalized spacial score (nSPS) is 17.6. The van der Waals surface area contributed by atoms with Crippen LogP contribution in [-0.4, -0.2) is 62.0 Å². The van der Waals surface area contributed by atoms with Crippen LogP contribution >= 0.6 is 0 Å². The number of carbonyl (C=O) groups excluding carboxylic acids is 2. The second-order valence-electron chi connectivity index (χ2n) is 6.66. The summed E-state index contributed by atoms with van der Waals surface area (Å²) >= 11 is 0. The number of anilines is 1. The Kier molecular flexibility index (Phi) is 7.01. The van der Waals surface area contributed by atoms with Crippen molar-refractivity contribution in [3.63, 3.8) is 0 Å². The van der Waals surface area contributed by atoms with Crippen LogP contribution in [0.2, 0.25) is 0 Å². The zero-order chi connectivity index (χ0) is 18.2. The van der Waals surface area contributed by atoms with Gasteiger partial charge in [0.15, 0.2) is 0 Å². The van der Waals surface area contributed by atoms with E-state index in [2.05, 4.69) is 29.2 Å². The molecule has 2 rings (SSSR count). The summed E-state index contributed by atoms with van der Waals surface area (Å²) in [6, 6.07) is 6.75. The summed E-state index contributed by atoms with van der Waals surface area (Å²) in [5, 5.41) is 5.60. The molecule has 2 N–H and O–H groups in total. The predicted octanol–water partition coefficient (Wildman–Crippen LogP) is 2.41. The highest BCUT2D eigenvalue weighted by Crippen LogP contribution is 2.16. The average molecular weight is 344 g/mol. The first-order chi connectivity index (χ1) is 12.0. The monoisotopic (exact) mass is 344 g/mol. The van der Waals surface area contributed by atoms with Crippen LogP contribution in [0, 0.1) is 5.92 Å². The van der Waals surface area contributed by atoms with E-state index in [1.165, 1.54) is 6.42 Å². The van der Waals surface area contributed by atoms with Crippen LogP contribution in [0.25, 0.3) is 0 Å². The van der Waals surface area contributed by atoms with E-state index in [1.807, 2.05) is 7.05 Å². The van der Waals surface area contributed by atoms with E-state index in [1.54, 1.807) is 35.2 Å². The molecule has 25 heavy (non-hydrogen) atoms. The molecule has 1 aliphatic rings. The van der Waals surface area contributed by atoms with Gasteiger partial charge in [-0.05, 0) is 56.6 Å². The molecule has 0 bridgehead atoms. The number of amides is 3. The minimum absolute atomic E-state index is 0.128. The maximum atomic E-state index is 12.3. The summed E-state index contributed by atoms with van der Waals surface area (Å²) in [4.78, 5) is 28.2. The Morgan fingerprint density at radius 2 is 2.08 bits per heavy atom. The Bertz CT molecular complexity index is 600. The molecule has 1 fully saturated rings. The van der Waals surface area contributed by atoms with Crippen molar-refractivity contribution in [1.29, 1.82) is 0 Å². The Hall–Kier alpha value is -2.34. The van der Waals surface area contributed by atoms with E-state index < -0.39 is 0 Å². The first-order valence-electron chi connectivity index (χ1n) is 8.69. The quantitative estimate of drug-likeness (QED) is 0.779. The highest BCUT2D eigenvalue weighted by atomic mass is 16.2. The largest absolute Gasteiger partial charge is 0.349 e. The van der Waals surface area contributed by atoms with Crippen LogP contribution in [0.1, 0.15) is 23.2 Å². The van der Waals surface area contributed by atoms with Gasteiger partial charge >= 0.3 is 6.03 Å². The second kappa shape index (κ2) is 9.22. The average Bonchev–Trinajstić information content (AvgIpc) is 2.60. The third-order valence-corrected chi connectivity index (χ3v) is 4.41. The Labute approximate surface area is 149 Å². The lowest BCUT2D eigenvalue weighted by atomic mass is 9.98. The van der Waals surface area contributed by atoms with Gasteiger partial charge in [-0.2, -0.15) is 0 Å². The van der Waals surface area contributed by atoms with Crippen molar-refractivity contribution in [1.82, 2.24) is 15.1 Å². The number of benzene rings is 1. The third-order valence-electron chi connectivity index (χ3n) is 4.41. The number of likely N-dealkylation sites (tertiary alicyclic amines) is 1. The lowest BCUT2D eigenvalue weighted by molar-refractivity contribution is 0.0958. The summed E-state index contributed by atoms with van der Waals surface area (Å²) in [7, 11) is 3.94. The zero-order valence-electron chi connectivity index (χ0n) is 15.1. The van der Waals surface area contributed by atoms with Crippen molar-refractivity contribution in [2.75, 3.05) is 45.6 Å². The molecular formula is C19H28N4O2. The van der Waals surface area contributed by atoms with Gasteiger partial charge in [-0.3, -0.25) is 4.79 Å². The van der Waals surface area contributed by atoms with Crippen molar-refractivity contribution in [3.8, 4) is 0 Å².